The van der Waals surface area contributed by atoms with Gasteiger partial charge in [-0.15, -0.1) is 17.8 Å². The molecule has 0 aliphatic heterocycles. The molecule has 1 N–H and O–H groups in total. The topological polar surface area (TPSA) is 12.0 Å². The minimum atomic E-state index is 0.229. The van der Waals surface area contributed by atoms with E-state index < -0.39 is 0 Å². The monoisotopic (exact) mass is 193 g/mol. The lowest BCUT2D eigenvalue weighted by Crippen LogP contribution is -2.26. The summed E-state index contributed by atoms with van der Waals surface area (Å²) < 4.78 is 0. The summed E-state index contributed by atoms with van der Waals surface area (Å²) in [6.45, 7) is 3.05. The molecule has 0 saturated carbocycles. The first-order valence-corrected chi connectivity index (χ1v) is 5.46. The van der Waals surface area contributed by atoms with Crippen molar-refractivity contribution < 1.29 is 0 Å². The third-order valence-corrected chi connectivity index (χ3v) is 2.76. The number of hydrogen-bond acceptors (Lipinski definition) is 2. The van der Waals surface area contributed by atoms with Crippen LogP contribution in [0.4, 0.5) is 0 Å². The van der Waals surface area contributed by atoms with E-state index in [1.807, 2.05) is 0 Å². The van der Waals surface area contributed by atoms with Crippen LogP contribution in [-0.2, 0) is 6.54 Å². The fourth-order valence-corrected chi connectivity index (χ4v) is 1.83. The van der Waals surface area contributed by atoms with Crippen molar-refractivity contribution in [1.82, 2.24) is 5.32 Å². The molecule has 0 saturated heterocycles. The Bertz CT molecular complexity index is 258. The van der Waals surface area contributed by atoms with Crippen LogP contribution in [-0.4, -0.2) is 6.04 Å². The average Bonchev–Trinajstić information content (AvgIpc) is 2.64. The van der Waals surface area contributed by atoms with Gasteiger partial charge in [0.05, 0.1) is 6.04 Å². The fraction of sp³-hybridized carbons (Fsp3) is 0.455. The third kappa shape index (κ3) is 3.63. The number of terminal acetylenes is 1. The summed E-state index contributed by atoms with van der Waals surface area (Å²) >= 11 is 1.76. The van der Waals surface area contributed by atoms with Crippen LogP contribution in [0.3, 0.4) is 0 Å². The predicted molar refractivity (Wildman–Crippen MR) is 58.7 cm³/mol. The summed E-state index contributed by atoms with van der Waals surface area (Å²) in [5.74, 6) is 2.76. The Morgan fingerprint density at radius 1 is 1.69 bits per heavy atom. The average molecular weight is 193 g/mol. The Hall–Kier alpha value is -0.780. The Kier molecular flexibility index (Phi) is 4.59. The highest BCUT2D eigenvalue weighted by atomic mass is 32.1. The number of thiophene rings is 1. The second-order valence-corrected chi connectivity index (χ2v) is 4.00. The van der Waals surface area contributed by atoms with Gasteiger partial charge in [0.2, 0.25) is 0 Å². The Labute approximate surface area is 84.2 Å². The van der Waals surface area contributed by atoms with Crippen LogP contribution < -0.4 is 5.32 Å². The van der Waals surface area contributed by atoms with Gasteiger partial charge in [-0.2, -0.15) is 0 Å². The molecule has 1 atom stereocenters. The van der Waals surface area contributed by atoms with Gasteiger partial charge in [0.15, 0.2) is 0 Å². The zero-order valence-corrected chi connectivity index (χ0v) is 8.73. The van der Waals surface area contributed by atoms with Crippen molar-refractivity contribution in [2.45, 2.75) is 32.4 Å². The molecular weight excluding hydrogens is 178 g/mol. The van der Waals surface area contributed by atoms with Gasteiger partial charge >= 0.3 is 0 Å². The Balaban J connectivity index is 2.29. The molecule has 0 fully saturated rings. The third-order valence-electron chi connectivity index (χ3n) is 1.88. The van der Waals surface area contributed by atoms with Crippen LogP contribution in [0.15, 0.2) is 17.5 Å². The zero-order chi connectivity index (χ0) is 9.52. The van der Waals surface area contributed by atoms with E-state index in [0.717, 1.165) is 19.4 Å². The van der Waals surface area contributed by atoms with Crippen LogP contribution in [0, 0.1) is 12.3 Å². The molecule has 1 heterocycles. The standard InChI is InChI=1S/C11H15NS/c1-3-6-10(4-2)12-9-11-7-5-8-13-11/h2,5,7-8,10,12H,3,6,9H2,1H3. The highest BCUT2D eigenvalue weighted by Gasteiger charge is 2.02. The highest BCUT2D eigenvalue weighted by molar-refractivity contribution is 7.09. The predicted octanol–water partition coefficient (Wildman–Crippen LogP) is 2.64. The summed E-state index contributed by atoms with van der Waals surface area (Å²) in [6, 6.07) is 4.41. The Morgan fingerprint density at radius 3 is 3.08 bits per heavy atom. The van der Waals surface area contributed by atoms with Crippen molar-refractivity contribution in [3.8, 4) is 12.3 Å². The maximum absolute atomic E-state index is 5.39. The lowest BCUT2D eigenvalue weighted by molar-refractivity contribution is 0.566. The number of nitrogens with one attached hydrogen (secondary N) is 1. The molecule has 0 bridgehead atoms. The smallest absolute Gasteiger partial charge is 0.0689 e. The summed E-state index contributed by atoms with van der Waals surface area (Å²) in [6.07, 6.45) is 7.58. The van der Waals surface area contributed by atoms with Gasteiger partial charge in [-0.1, -0.05) is 25.3 Å². The molecule has 0 radical (unpaired) electrons. The summed E-state index contributed by atoms with van der Waals surface area (Å²) in [4.78, 5) is 1.34. The molecule has 0 aliphatic carbocycles. The molecule has 70 valence electrons. The molecule has 1 rings (SSSR count). The van der Waals surface area contributed by atoms with Crippen LogP contribution in [0.1, 0.15) is 24.6 Å². The molecule has 0 aromatic carbocycles. The van der Waals surface area contributed by atoms with Crippen molar-refractivity contribution in [3.63, 3.8) is 0 Å². The SMILES string of the molecule is C#CC(CCC)NCc1cccs1. The molecule has 2 heteroatoms. The maximum Gasteiger partial charge on any atom is 0.0689 e. The fourth-order valence-electron chi connectivity index (χ4n) is 1.17. The van der Waals surface area contributed by atoms with E-state index in [0.29, 0.717) is 0 Å². The molecule has 0 spiro atoms. The molecule has 1 aromatic heterocycles. The Morgan fingerprint density at radius 2 is 2.54 bits per heavy atom. The minimum Gasteiger partial charge on any atom is -0.299 e. The maximum atomic E-state index is 5.39. The van der Waals surface area contributed by atoms with Crippen LogP contribution in [0.5, 0.6) is 0 Å². The van der Waals surface area contributed by atoms with Gasteiger partial charge in [0.1, 0.15) is 0 Å². The molecule has 0 amide bonds. The van der Waals surface area contributed by atoms with E-state index in [2.05, 4.69) is 35.7 Å². The van der Waals surface area contributed by atoms with E-state index in [1.165, 1.54) is 4.88 Å². The first-order valence-electron chi connectivity index (χ1n) is 4.58. The van der Waals surface area contributed by atoms with Crippen molar-refractivity contribution in [2.24, 2.45) is 0 Å². The zero-order valence-electron chi connectivity index (χ0n) is 7.92. The van der Waals surface area contributed by atoms with Gasteiger partial charge in [-0.3, -0.25) is 5.32 Å². The largest absolute Gasteiger partial charge is 0.299 e. The number of rotatable bonds is 5. The molecule has 0 aliphatic rings. The molecule has 1 nitrogen and oxygen atoms in total. The molecule has 1 unspecified atom stereocenters. The van der Waals surface area contributed by atoms with E-state index in [4.69, 9.17) is 6.42 Å². The number of hydrogen-bond donors (Lipinski definition) is 1. The summed E-state index contributed by atoms with van der Waals surface area (Å²) in [7, 11) is 0. The minimum absolute atomic E-state index is 0.229. The second-order valence-electron chi connectivity index (χ2n) is 2.97. The van der Waals surface area contributed by atoms with Crippen LogP contribution in [0.2, 0.25) is 0 Å². The lowest BCUT2D eigenvalue weighted by atomic mass is 10.2. The second kappa shape index (κ2) is 5.80. The van der Waals surface area contributed by atoms with E-state index in [-0.39, 0.29) is 6.04 Å². The molecule has 13 heavy (non-hydrogen) atoms. The summed E-state index contributed by atoms with van der Waals surface area (Å²) in [5.41, 5.74) is 0. The van der Waals surface area contributed by atoms with Gasteiger partial charge in [0, 0.05) is 11.4 Å². The van der Waals surface area contributed by atoms with E-state index in [9.17, 15) is 0 Å². The highest BCUT2D eigenvalue weighted by Crippen LogP contribution is 2.08. The van der Waals surface area contributed by atoms with Gasteiger partial charge < -0.3 is 0 Å². The van der Waals surface area contributed by atoms with Crippen molar-refractivity contribution >= 4 is 11.3 Å². The van der Waals surface area contributed by atoms with Gasteiger partial charge in [-0.25, -0.2) is 0 Å². The molecule has 1 aromatic rings. The van der Waals surface area contributed by atoms with Crippen LogP contribution >= 0.6 is 11.3 Å². The van der Waals surface area contributed by atoms with Gasteiger partial charge in [0.25, 0.3) is 0 Å². The van der Waals surface area contributed by atoms with E-state index >= 15 is 0 Å². The van der Waals surface area contributed by atoms with Crippen LogP contribution in [0.25, 0.3) is 0 Å². The first kappa shape index (κ1) is 10.3. The van der Waals surface area contributed by atoms with Crippen molar-refractivity contribution in [1.29, 1.82) is 0 Å². The normalized spacial score (nSPS) is 12.3. The van der Waals surface area contributed by atoms with Gasteiger partial charge in [-0.05, 0) is 17.9 Å². The first-order chi connectivity index (χ1) is 6.36. The quantitative estimate of drug-likeness (QED) is 0.709. The van der Waals surface area contributed by atoms with Crippen molar-refractivity contribution in [2.75, 3.05) is 0 Å². The van der Waals surface area contributed by atoms with Crippen molar-refractivity contribution in [3.05, 3.63) is 22.4 Å². The van der Waals surface area contributed by atoms with E-state index in [1.54, 1.807) is 11.3 Å². The molecular formula is C11H15NS. The lowest BCUT2D eigenvalue weighted by Gasteiger charge is -2.10. The summed E-state index contributed by atoms with van der Waals surface area (Å²) in [5, 5.41) is 5.43.